The van der Waals surface area contributed by atoms with Gasteiger partial charge in [0.05, 0.1) is 22.0 Å². The van der Waals surface area contributed by atoms with E-state index >= 15 is 0 Å². The molecule has 3 aromatic rings. The second-order valence-corrected chi connectivity index (χ2v) is 7.21. The Morgan fingerprint density at radius 1 is 0.962 bits per heavy atom. The van der Waals surface area contributed by atoms with E-state index in [2.05, 4.69) is 14.7 Å². The van der Waals surface area contributed by atoms with Gasteiger partial charge in [0.1, 0.15) is 11.6 Å². The number of para-hydroxylation sites is 1. The molecule has 0 saturated carbocycles. The number of hydrogen-bond donors (Lipinski definition) is 1. The molecule has 8 heteroatoms. The molecule has 134 valence electrons. The van der Waals surface area contributed by atoms with Crippen molar-refractivity contribution in [2.45, 2.75) is 18.7 Å². The molecule has 0 bridgehead atoms. The highest BCUT2D eigenvalue weighted by atomic mass is 32.2. The van der Waals surface area contributed by atoms with Crippen LogP contribution in [0.2, 0.25) is 0 Å². The van der Waals surface area contributed by atoms with E-state index in [1.54, 1.807) is 26.0 Å². The van der Waals surface area contributed by atoms with Crippen LogP contribution in [0.3, 0.4) is 0 Å². The molecule has 0 atom stereocenters. The minimum absolute atomic E-state index is 0.111. The Labute approximate surface area is 150 Å². The van der Waals surface area contributed by atoms with Gasteiger partial charge in [0.15, 0.2) is 0 Å². The van der Waals surface area contributed by atoms with Crippen LogP contribution in [0, 0.1) is 19.7 Å². The molecule has 1 heterocycles. The third-order valence-corrected chi connectivity index (χ3v) is 4.89. The van der Waals surface area contributed by atoms with Gasteiger partial charge >= 0.3 is 6.01 Å². The Balaban J connectivity index is 1.89. The van der Waals surface area contributed by atoms with E-state index in [0.717, 1.165) is 6.07 Å². The van der Waals surface area contributed by atoms with Crippen molar-refractivity contribution in [2.75, 3.05) is 4.72 Å². The summed E-state index contributed by atoms with van der Waals surface area (Å²) in [5.41, 5.74) is 1.02. The van der Waals surface area contributed by atoms with Crippen LogP contribution in [0.25, 0.3) is 0 Å². The van der Waals surface area contributed by atoms with E-state index in [1.807, 2.05) is 18.2 Å². The smallest absolute Gasteiger partial charge is 0.322 e. The van der Waals surface area contributed by atoms with E-state index < -0.39 is 15.8 Å². The van der Waals surface area contributed by atoms with Crippen molar-refractivity contribution in [3.63, 3.8) is 0 Å². The lowest BCUT2D eigenvalue weighted by molar-refractivity contribution is 0.439. The van der Waals surface area contributed by atoms with Crippen molar-refractivity contribution in [3.05, 3.63) is 71.8 Å². The number of aromatic nitrogens is 2. The molecule has 3 rings (SSSR count). The number of halogens is 1. The number of hydrogen-bond acceptors (Lipinski definition) is 5. The third-order valence-electron chi connectivity index (χ3n) is 3.55. The summed E-state index contributed by atoms with van der Waals surface area (Å²) < 4.78 is 46.3. The molecule has 0 aliphatic heterocycles. The summed E-state index contributed by atoms with van der Waals surface area (Å²) in [6.45, 7) is 3.27. The van der Waals surface area contributed by atoms with Crippen LogP contribution in [-0.4, -0.2) is 18.4 Å². The quantitative estimate of drug-likeness (QED) is 0.735. The molecule has 0 unspecified atom stereocenters. The number of anilines is 1. The summed E-state index contributed by atoms with van der Waals surface area (Å²) in [7, 11) is -3.96. The highest BCUT2D eigenvalue weighted by Gasteiger charge is 2.19. The minimum atomic E-state index is -3.96. The van der Waals surface area contributed by atoms with Crippen molar-refractivity contribution in [1.29, 1.82) is 0 Å². The average Bonchev–Trinajstić information content (AvgIpc) is 2.59. The van der Waals surface area contributed by atoms with Crippen molar-refractivity contribution >= 4 is 15.7 Å². The lowest BCUT2D eigenvalue weighted by atomic mass is 10.3. The molecule has 2 aromatic carbocycles. The van der Waals surface area contributed by atoms with Gasteiger partial charge in [-0.1, -0.05) is 24.3 Å². The van der Waals surface area contributed by atoms with Gasteiger partial charge in [-0.15, -0.1) is 0 Å². The summed E-state index contributed by atoms with van der Waals surface area (Å²) >= 11 is 0. The predicted octanol–water partition coefficient (Wildman–Crippen LogP) is 3.83. The van der Waals surface area contributed by atoms with Crippen LogP contribution >= 0.6 is 0 Å². The van der Waals surface area contributed by atoms with E-state index in [0.29, 0.717) is 17.1 Å². The molecule has 1 aromatic heterocycles. The maximum absolute atomic E-state index is 13.3. The molecular weight excluding hydrogens is 357 g/mol. The number of rotatable bonds is 5. The maximum Gasteiger partial charge on any atom is 0.322 e. The molecule has 0 fully saturated rings. The van der Waals surface area contributed by atoms with Crippen LogP contribution in [0.4, 0.5) is 10.1 Å². The van der Waals surface area contributed by atoms with Gasteiger partial charge in [-0.25, -0.2) is 12.8 Å². The minimum Gasteiger partial charge on any atom is -0.424 e. The molecule has 0 spiro atoms. The average molecular weight is 373 g/mol. The predicted molar refractivity (Wildman–Crippen MR) is 95.2 cm³/mol. The normalized spacial score (nSPS) is 11.2. The van der Waals surface area contributed by atoms with Crippen molar-refractivity contribution in [2.24, 2.45) is 0 Å². The van der Waals surface area contributed by atoms with Crippen molar-refractivity contribution in [1.82, 2.24) is 9.97 Å². The first-order valence-electron chi connectivity index (χ1n) is 7.72. The van der Waals surface area contributed by atoms with Gasteiger partial charge in [0.25, 0.3) is 10.0 Å². The first-order valence-corrected chi connectivity index (χ1v) is 9.20. The molecular formula is C18H16FN3O3S. The Morgan fingerprint density at radius 2 is 1.62 bits per heavy atom. The third kappa shape index (κ3) is 3.97. The second kappa shape index (κ2) is 7.09. The van der Waals surface area contributed by atoms with Crippen LogP contribution in [-0.2, 0) is 10.0 Å². The van der Waals surface area contributed by atoms with Gasteiger partial charge in [-0.3, -0.25) is 4.72 Å². The zero-order valence-corrected chi connectivity index (χ0v) is 14.9. The lowest BCUT2D eigenvalue weighted by Crippen LogP contribution is -2.16. The fraction of sp³-hybridized carbons (Fsp3) is 0.111. The Bertz CT molecular complexity index is 1020. The summed E-state index contributed by atoms with van der Waals surface area (Å²) in [6, 6.07) is 13.9. The highest BCUT2D eigenvalue weighted by molar-refractivity contribution is 7.92. The second-order valence-electron chi connectivity index (χ2n) is 5.53. The standard InChI is InChI=1S/C18H16FN3O3S/c1-12-17(22-26(23,24)16-10-6-7-14(19)11-16)13(2)21-18(20-12)25-15-8-4-3-5-9-15/h3-11,22H,1-2H3. The van der Waals surface area contributed by atoms with E-state index in [1.165, 1.54) is 18.2 Å². The molecule has 0 aliphatic carbocycles. The molecule has 6 nitrogen and oxygen atoms in total. The number of aryl methyl sites for hydroxylation is 2. The summed E-state index contributed by atoms with van der Waals surface area (Å²) in [4.78, 5) is 8.20. The van der Waals surface area contributed by atoms with Crippen LogP contribution in [0.1, 0.15) is 11.4 Å². The SMILES string of the molecule is Cc1nc(Oc2ccccc2)nc(C)c1NS(=O)(=O)c1cccc(F)c1. The lowest BCUT2D eigenvalue weighted by Gasteiger charge is -2.13. The van der Waals surface area contributed by atoms with E-state index in [9.17, 15) is 12.8 Å². The van der Waals surface area contributed by atoms with Gasteiger partial charge in [-0.2, -0.15) is 9.97 Å². The van der Waals surface area contributed by atoms with Gasteiger partial charge in [-0.05, 0) is 44.2 Å². The van der Waals surface area contributed by atoms with E-state index in [-0.39, 0.29) is 16.6 Å². The fourth-order valence-electron chi connectivity index (χ4n) is 2.30. The largest absolute Gasteiger partial charge is 0.424 e. The summed E-state index contributed by atoms with van der Waals surface area (Å²) in [6.07, 6.45) is 0. The zero-order chi connectivity index (χ0) is 18.7. The number of benzene rings is 2. The molecule has 0 radical (unpaired) electrons. The van der Waals surface area contributed by atoms with Crippen LogP contribution in [0.5, 0.6) is 11.8 Å². The van der Waals surface area contributed by atoms with Crippen LogP contribution in [0.15, 0.2) is 59.5 Å². The molecule has 0 saturated heterocycles. The Kier molecular flexibility index (Phi) is 4.85. The van der Waals surface area contributed by atoms with Crippen molar-refractivity contribution in [3.8, 4) is 11.8 Å². The Morgan fingerprint density at radius 3 is 2.23 bits per heavy atom. The number of ether oxygens (including phenoxy) is 1. The van der Waals surface area contributed by atoms with Gasteiger partial charge in [0.2, 0.25) is 0 Å². The Hall–Kier alpha value is -3.00. The first-order chi connectivity index (χ1) is 12.3. The molecule has 0 amide bonds. The highest BCUT2D eigenvalue weighted by Crippen LogP contribution is 2.25. The molecule has 26 heavy (non-hydrogen) atoms. The summed E-state index contributed by atoms with van der Waals surface area (Å²) in [5.74, 6) is -0.0661. The number of sulfonamides is 1. The molecule has 0 aliphatic rings. The topological polar surface area (TPSA) is 81.2 Å². The monoisotopic (exact) mass is 373 g/mol. The van der Waals surface area contributed by atoms with Crippen molar-refractivity contribution < 1.29 is 17.5 Å². The molecule has 1 N–H and O–H groups in total. The zero-order valence-electron chi connectivity index (χ0n) is 14.1. The maximum atomic E-state index is 13.3. The number of nitrogens with zero attached hydrogens (tertiary/aromatic N) is 2. The van der Waals surface area contributed by atoms with Crippen LogP contribution < -0.4 is 9.46 Å². The van der Waals surface area contributed by atoms with Gasteiger partial charge in [0, 0.05) is 0 Å². The first kappa shape index (κ1) is 17.8. The van der Waals surface area contributed by atoms with E-state index in [4.69, 9.17) is 4.74 Å². The number of nitrogens with one attached hydrogen (secondary N) is 1. The van der Waals surface area contributed by atoms with Gasteiger partial charge < -0.3 is 4.74 Å². The fourth-order valence-corrected chi connectivity index (χ4v) is 3.51. The summed E-state index contributed by atoms with van der Waals surface area (Å²) in [5, 5.41) is 0.